The van der Waals surface area contributed by atoms with Gasteiger partial charge in [0.25, 0.3) is 0 Å². The van der Waals surface area contributed by atoms with Crippen LogP contribution < -0.4 is 10.1 Å². The molecule has 1 aliphatic rings. The van der Waals surface area contributed by atoms with E-state index < -0.39 is 0 Å². The normalized spacial score (nSPS) is 16.8. The van der Waals surface area contributed by atoms with Crippen LogP contribution in [0.25, 0.3) is 0 Å². The van der Waals surface area contributed by atoms with Crippen LogP contribution in [-0.4, -0.2) is 48.9 Å². The van der Waals surface area contributed by atoms with E-state index in [9.17, 15) is 9.59 Å². The number of carbonyl (C=O) groups excluding carboxylic acids is 2. The van der Waals surface area contributed by atoms with E-state index in [2.05, 4.69) is 12.2 Å². The molecule has 1 N–H and O–H groups in total. The van der Waals surface area contributed by atoms with E-state index in [1.165, 1.54) is 0 Å². The molecular weight excluding hydrogens is 304 g/mol. The molecule has 1 saturated heterocycles. The minimum Gasteiger partial charge on any atom is -0.494 e. The van der Waals surface area contributed by atoms with Gasteiger partial charge >= 0.3 is 0 Å². The topological polar surface area (TPSA) is 58.6 Å². The maximum absolute atomic E-state index is 12.5. The number of nitrogens with zero attached hydrogens (tertiary/aromatic N) is 1. The molecule has 132 valence electrons. The average molecular weight is 332 g/mol. The molecule has 0 bridgehead atoms. The minimum absolute atomic E-state index is 0.00685. The lowest BCUT2D eigenvalue weighted by Crippen LogP contribution is -2.42. The van der Waals surface area contributed by atoms with Crippen molar-refractivity contribution in [2.75, 3.05) is 26.2 Å². The van der Waals surface area contributed by atoms with Crippen LogP contribution in [0.3, 0.4) is 0 Å². The fourth-order valence-electron chi connectivity index (χ4n) is 3.07. The Balaban J connectivity index is 1.87. The molecule has 0 radical (unpaired) electrons. The van der Waals surface area contributed by atoms with Gasteiger partial charge < -0.3 is 15.0 Å². The molecule has 0 saturated carbocycles. The van der Waals surface area contributed by atoms with Crippen molar-refractivity contribution in [3.8, 4) is 5.75 Å². The van der Waals surface area contributed by atoms with Crippen molar-refractivity contribution in [3.63, 3.8) is 0 Å². The van der Waals surface area contributed by atoms with E-state index in [1.54, 1.807) is 24.3 Å². The number of nitrogens with one attached hydrogen (secondary N) is 1. The summed E-state index contributed by atoms with van der Waals surface area (Å²) in [6, 6.07) is 7.40. The molecule has 5 heteroatoms. The van der Waals surface area contributed by atoms with Crippen LogP contribution in [-0.2, 0) is 4.79 Å². The number of amides is 1. The standard InChI is InChI=1S/C19H28N2O3/c1-3-13-21(16-11-12-20-14-16)19(23)10-9-18(22)15-5-7-17(8-6-15)24-4-2/h5-8,16,20H,3-4,9-14H2,1-2H3. The van der Waals surface area contributed by atoms with Crippen molar-refractivity contribution in [1.82, 2.24) is 10.2 Å². The molecule has 1 unspecified atom stereocenters. The first-order valence-corrected chi connectivity index (χ1v) is 8.92. The first-order valence-electron chi connectivity index (χ1n) is 8.92. The quantitative estimate of drug-likeness (QED) is 0.706. The highest BCUT2D eigenvalue weighted by Gasteiger charge is 2.25. The lowest BCUT2D eigenvalue weighted by molar-refractivity contribution is -0.133. The molecule has 0 aliphatic carbocycles. The lowest BCUT2D eigenvalue weighted by Gasteiger charge is -2.28. The molecule has 0 spiro atoms. The number of benzene rings is 1. The van der Waals surface area contributed by atoms with E-state index in [1.807, 2.05) is 11.8 Å². The lowest BCUT2D eigenvalue weighted by atomic mass is 10.1. The highest BCUT2D eigenvalue weighted by molar-refractivity contribution is 5.98. The highest BCUT2D eigenvalue weighted by atomic mass is 16.5. The number of ketones is 1. The van der Waals surface area contributed by atoms with Crippen LogP contribution in [0.2, 0.25) is 0 Å². The number of rotatable bonds is 9. The predicted molar refractivity (Wildman–Crippen MR) is 94.5 cm³/mol. The van der Waals surface area contributed by atoms with Gasteiger partial charge in [0.15, 0.2) is 5.78 Å². The number of ether oxygens (including phenoxy) is 1. The van der Waals surface area contributed by atoms with Crippen molar-refractivity contribution in [2.45, 2.75) is 45.6 Å². The summed E-state index contributed by atoms with van der Waals surface area (Å²) in [7, 11) is 0. The van der Waals surface area contributed by atoms with Crippen LogP contribution in [0.1, 0.15) is 49.9 Å². The smallest absolute Gasteiger partial charge is 0.223 e. The van der Waals surface area contributed by atoms with Crippen molar-refractivity contribution < 1.29 is 14.3 Å². The monoisotopic (exact) mass is 332 g/mol. The first kappa shape index (κ1) is 18.5. The van der Waals surface area contributed by atoms with Crippen molar-refractivity contribution in [3.05, 3.63) is 29.8 Å². The molecule has 2 rings (SSSR count). The van der Waals surface area contributed by atoms with Gasteiger partial charge in [-0.3, -0.25) is 9.59 Å². The Morgan fingerprint density at radius 3 is 2.54 bits per heavy atom. The molecule has 5 nitrogen and oxygen atoms in total. The van der Waals surface area contributed by atoms with Crippen LogP contribution in [0.15, 0.2) is 24.3 Å². The molecular formula is C19H28N2O3. The molecule has 24 heavy (non-hydrogen) atoms. The zero-order chi connectivity index (χ0) is 17.4. The summed E-state index contributed by atoms with van der Waals surface area (Å²) in [6.45, 7) is 7.19. The summed E-state index contributed by atoms with van der Waals surface area (Å²) < 4.78 is 5.38. The van der Waals surface area contributed by atoms with Gasteiger partial charge in [-0.2, -0.15) is 0 Å². The third-order valence-electron chi connectivity index (χ3n) is 4.31. The molecule has 1 aliphatic heterocycles. The zero-order valence-corrected chi connectivity index (χ0v) is 14.7. The Labute approximate surface area is 144 Å². The van der Waals surface area contributed by atoms with Gasteiger partial charge in [0.2, 0.25) is 5.91 Å². The number of hydrogen-bond donors (Lipinski definition) is 1. The van der Waals surface area contributed by atoms with Gasteiger partial charge in [-0.1, -0.05) is 6.92 Å². The van der Waals surface area contributed by atoms with Crippen molar-refractivity contribution >= 4 is 11.7 Å². The third-order valence-corrected chi connectivity index (χ3v) is 4.31. The summed E-state index contributed by atoms with van der Waals surface area (Å²) in [4.78, 5) is 26.8. The van der Waals surface area contributed by atoms with Crippen LogP contribution in [0.4, 0.5) is 0 Å². The van der Waals surface area contributed by atoms with Gasteiger partial charge in [-0.25, -0.2) is 0 Å². The van der Waals surface area contributed by atoms with E-state index in [-0.39, 0.29) is 30.6 Å². The minimum atomic E-state index is 0.00685. The fourth-order valence-corrected chi connectivity index (χ4v) is 3.07. The Morgan fingerprint density at radius 2 is 1.96 bits per heavy atom. The average Bonchev–Trinajstić information content (AvgIpc) is 3.12. The van der Waals surface area contributed by atoms with Gasteiger partial charge in [0.05, 0.1) is 6.61 Å². The molecule has 0 aromatic heterocycles. The number of hydrogen-bond acceptors (Lipinski definition) is 4. The molecule has 1 aromatic rings. The molecule has 1 aromatic carbocycles. The summed E-state index contributed by atoms with van der Waals surface area (Å²) in [5, 5.41) is 3.30. The van der Waals surface area contributed by atoms with Gasteiger partial charge in [0, 0.05) is 37.5 Å². The second kappa shape index (κ2) is 9.42. The molecule has 1 fully saturated rings. The molecule has 1 atom stereocenters. The summed E-state index contributed by atoms with van der Waals surface area (Å²) in [6.07, 6.45) is 2.48. The Morgan fingerprint density at radius 1 is 1.21 bits per heavy atom. The van der Waals surface area contributed by atoms with E-state index in [0.717, 1.165) is 38.2 Å². The third kappa shape index (κ3) is 5.06. The summed E-state index contributed by atoms with van der Waals surface area (Å²) in [5.41, 5.74) is 0.635. The Kier molecular flexibility index (Phi) is 7.25. The molecule has 1 heterocycles. The van der Waals surface area contributed by atoms with Crippen molar-refractivity contribution in [1.29, 1.82) is 0 Å². The van der Waals surface area contributed by atoms with Gasteiger partial charge in [-0.15, -0.1) is 0 Å². The Hall–Kier alpha value is -1.88. The Bertz CT molecular complexity index is 536. The predicted octanol–water partition coefficient (Wildman–Crippen LogP) is 2.65. The summed E-state index contributed by atoms with van der Waals surface area (Å²) >= 11 is 0. The largest absolute Gasteiger partial charge is 0.494 e. The maximum atomic E-state index is 12.5. The zero-order valence-electron chi connectivity index (χ0n) is 14.7. The number of Topliss-reactive ketones (excluding diaryl/α,β-unsaturated/α-hetero) is 1. The van der Waals surface area contributed by atoms with Crippen LogP contribution in [0, 0.1) is 0 Å². The SMILES string of the molecule is CCCN(C(=O)CCC(=O)c1ccc(OCC)cc1)C1CCNC1. The van der Waals surface area contributed by atoms with Crippen LogP contribution >= 0.6 is 0 Å². The summed E-state index contributed by atoms with van der Waals surface area (Å²) in [5.74, 6) is 0.852. The van der Waals surface area contributed by atoms with Crippen molar-refractivity contribution in [2.24, 2.45) is 0 Å². The van der Waals surface area contributed by atoms with E-state index >= 15 is 0 Å². The van der Waals surface area contributed by atoms with Gasteiger partial charge in [0.1, 0.15) is 5.75 Å². The second-order valence-corrected chi connectivity index (χ2v) is 6.11. The van der Waals surface area contributed by atoms with Gasteiger partial charge in [-0.05, 0) is 50.6 Å². The highest BCUT2D eigenvalue weighted by Crippen LogP contribution is 2.16. The van der Waals surface area contributed by atoms with E-state index in [0.29, 0.717) is 12.2 Å². The second-order valence-electron chi connectivity index (χ2n) is 6.11. The van der Waals surface area contributed by atoms with Crippen LogP contribution in [0.5, 0.6) is 5.75 Å². The maximum Gasteiger partial charge on any atom is 0.223 e. The molecule has 1 amide bonds. The first-order chi connectivity index (χ1) is 11.7. The fraction of sp³-hybridized carbons (Fsp3) is 0.579. The number of carbonyl (C=O) groups is 2. The van der Waals surface area contributed by atoms with E-state index in [4.69, 9.17) is 4.74 Å².